The lowest BCUT2D eigenvalue weighted by Gasteiger charge is -2.36. The maximum absolute atomic E-state index is 11.7. The lowest BCUT2D eigenvalue weighted by atomic mass is 9.82. The van der Waals surface area contributed by atoms with Gasteiger partial charge in [0, 0.05) is 5.25 Å². The molecule has 0 radical (unpaired) electrons. The van der Waals surface area contributed by atoms with Crippen LogP contribution >= 0.6 is 11.8 Å². The van der Waals surface area contributed by atoms with Crippen molar-refractivity contribution in [2.45, 2.75) is 58.1 Å². The number of rotatable bonds is 6. The highest BCUT2D eigenvalue weighted by Gasteiger charge is 2.42. The predicted molar refractivity (Wildman–Crippen MR) is 73.2 cm³/mol. The minimum absolute atomic E-state index is 0.0316. The van der Waals surface area contributed by atoms with Crippen LogP contribution in [0.4, 0.5) is 0 Å². The van der Waals surface area contributed by atoms with E-state index in [4.69, 9.17) is 4.74 Å². The first-order valence-electron chi connectivity index (χ1n) is 6.06. The molecule has 0 heterocycles. The summed E-state index contributed by atoms with van der Waals surface area (Å²) in [5.74, 6) is -0.0543. The molecule has 0 aromatic heterocycles. The average Bonchev–Trinajstić information content (AvgIpc) is 2.22. The molecule has 0 saturated heterocycles. The molecule has 1 N–H and O–H groups in total. The van der Waals surface area contributed by atoms with Gasteiger partial charge in [-0.2, -0.15) is 11.8 Å². The first-order chi connectivity index (χ1) is 7.64. The van der Waals surface area contributed by atoms with E-state index >= 15 is 0 Å². The molecule has 0 bridgehead atoms. The van der Waals surface area contributed by atoms with Gasteiger partial charge < -0.3 is 9.84 Å². The van der Waals surface area contributed by atoms with Gasteiger partial charge >= 0.3 is 5.97 Å². The largest absolute Gasteiger partial charge is 0.469 e. The second-order valence-electron chi connectivity index (χ2n) is 5.55. The van der Waals surface area contributed by atoms with Crippen molar-refractivity contribution in [1.29, 1.82) is 0 Å². The summed E-state index contributed by atoms with van der Waals surface area (Å²) in [6.07, 6.45) is -0.706. The number of carbonyl (C=O) groups is 1. The molecule has 102 valence electrons. The highest BCUT2D eigenvalue weighted by atomic mass is 32.2. The van der Waals surface area contributed by atoms with Gasteiger partial charge in [-0.15, -0.1) is 0 Å². The lowest BCUT2D eigenvalue weighted by molar-refractivity contribution is -0.157. The van der Waals surface area contributed by atoms with Gasteiger partial charge in [0.15, 0.2) is 0 Å². The molecule has 0 rings (SSSR count). The molecule has 0 saturated carbocycles. The number of aliphatic hydroxyl groups excluding tert-OH is 1. The molecule has 2 atom stereocenters. The maximum Gasteiger partial charge on any atom is 0.313 e. The fraction of sp³-hybridized carbons (Fsp3) is 0.923. The second-order valence-corrected chi connectivity index (χ2v) is 7.31. The Morgan fingerprint density at radius 2 is 1.71 bits per heavy atom. The van der Waals surface area contributed by atoms with E-state index in [9.17, 15) is 9.90 Å². The van der Waals surface area contributed by atoms with Crippen molar-refractivity contribution in [3.8, 4) is 0 Å². The standard InChI is InChI=1S/C13H26O3S/c1-8(2)10(17-9(3)4)11(14)13(5,6)12(15)16-7/h8-11,14H,1-7H3/t10-,11-/m1/s1. The molecule has 0 aliphatic rings. The Hall–Kier alpha value is -0.220. The van der Waals surface area contributed by atoms with Crippen LogP contribution in [0, 0.1) is 11.3 Å². The molecule has 0 aromatic carbocycles. The number of thioether (sulfide) groups is 1. The van der Waals surface area contributed by atoms with Crippen molar-refractivity contribution in [3.63, 3.8) is 0 Å². The van der Waals surface area contributed by atoms with Gasteiger partial charge in [-0.1, -0.05) is 27.7 Å². The van der Waals surface area contributed by atoms with E-state index in [1.807, 2.05) is 0 Å². The quantitative estimate of drug-likeness (QED) is 0.748. The Balaban J connectivity index is 4.94. The number of aliphatic hydroxyl groups is 1. The molecule has 0 aromatic rings. The van der Waals surface area contributed by atoms with Crippen LogP contribution in [0.1, 0.15) is 41.5 Å². The second kappa shape index (κ2) is 6.64. The summed E-state index contributed by atoms with van der Waals surface area (Å²) < 4.78 is 4.76. The number of hydrogen-bond acceptors (Lipinski definition) is 4. The molecule has 0 amide bonds. The summed E-state index contributed by atoms with van der Waals surface area (Å²) in [5, 5.41) is 10.9. The van der Waals surface area contributed by atoms with Gasteiger partial charge in [0.25, 0.3) is 0 Å². The molecule has 4 heteroatoms. The van der Waals surface area contributed by atoms with E-state index in [2.05, 4.69) is 27.7 Å². The van der Waals surface area contributed by atoms with Crippen LogP contribution in [-0.2, 0) is 9.53 Å². The summed E-state index contributed by atoms with van der Waals surface area (Å²) in [6, 6.07) is 0. The Kier molecular flexibility index (Phi) is 6.56. The van der Waals surface area contributed by atoms with E-state index in [-0.39, 0.29) is 11.2 Å². The van der Waals surface area contributed by atoms with Crippen molar-refractivity contribution in [2.24, 2.45) is 11.3 Å². The number of hydrogen-bond donors (Lipinski definition) is 1. The van der Waals surface area contributed by atoms with Crippen LogP contribution in [0.3, 0.4) is 0 Å². The van der Waals surface area contributed by atoms with E-state index in [1.54, 1.807) is 25.6 Å². The van der Waals surface area contributed by atoms with Crippen LogP contribution in [0.15, 0.2) is 0 Å². The zero-order valence-electron chi connectivity index (χ0n) is 12.0. The summed E-state index contributed by atoms with van der Waals surface area (Å²) in [5.41, 5.74) is -0.869. The first-order valence-corrected chi connectivity index (χ1v) is 7.00. The van der Waals surface area contributed by atoms with Crippen molar-refractivity contribution in [1.82, 2.24) is 0 Å². The van der Waals surface area contributed by atoms with E-state index in [0.29, 0.717) is 11.2 Å². The van der Waals surface area contributed by atoms with Crippen LogP contribution in [0.2, 0.25) is 0 Å². The maximum atomic E-state index is 11.7. The van der Waals surface area contributed by atoms with Crippen molar-refractivity contribution >= 4 is 17.7 Å². The smallest absolute Gasteiger partial charge is 0.313 e. The third-order valence-corrected chi connectivity index (χ3v) is 4.51. The molecule has 0 fully saturated rings. The van der Waals surface area contributed by atoms with E-state index in [0.717, 1.165) is 0 Å². The van der Waals surface area contributed by atoms with Gasteiger partial charge in [0.05, 0.1) is 18.6 Å². The number of methoxy groups -OCH3 is 1. The zero-order chi connectivity index (χ0) is 13.8. The molecule has 0 aliphatic heterocycles. The SMILES string of the molecule is COC(=O)C(C)(C)[C@H](O)[C@H](SC(C)C)C(C)C. The van der Waals surface area contributed by atoms with Gasteiger partial charge in [0.1, 0.15) is 0 Å². The summed E-state index contributed by atoms with van der Waals surface area (Å²) in [4.78, 5) is 11.7. The lowest BCUT2D eigenvalue weighted by Crippen LogP contribution is -2.46. The predicted octanol–water partition coefficient (Wildman–Crippen LogP) is 2.71. The fourth-order valence-electron chi connectivity index (χ4n) is 1.70. The first kappa shape index (κ1) is 16.8. The third kappa shape index (κ3) is 4.51. The van der Waals surface area contributed by atoms with Crippen LogP contribution < -0.4 is 0 Å². The molecular formula is C13H26O3S. The van der Waals surface area contributed by atoms with E-state index < -0.39 is 11.5 Å². The van der Waals surface area contributed by atoms with Crippen LogP contribution in [0.25, 0.3) is 0 Å². The minimum Gasteiger partial charge on any atom is -0.469 e. The number of carbonyl (C=O) groups excluding carboxylic acids is 1. The van der Waals surface area contributed by atoms with Gasteiger partial charge in [-0.3, -0.25) is 4.79 Å². The van der Waals surface area contributed by atoms with Crippen LogP contribution in [-0.4, -0.2) is 34.8 Å². The topological polar surface area (TPSA) is 46.5 Å². The number of ether oxygens (including phenoxy) is 1. The molecule has 0 spiro atoms. The Labute approximate surface area is 109 Å². The summed E-state index contributed by atoms with van der Waals surface area (Å²) in [6.45, 7) is 11.8. The Morgan fingerprint density at radius 1 is 1.24 bits per heavy atom. The molecule has 3 nitrogen and oxygen atoms in total. The average molecular weight is 262 g/mol. The number of esters is 1. The monoisotopic (exact) mass is 262 g/mol. The van der Waals surface area contributed by atoms with Crippen molar-refractivity contribution in [3.05, 3.63) is 0 Å². The Morgan fingerprint density at radius 3 is 2.00 bits per heavy atom. The Bertz CT molecular complexity index is 249. The highest BCUT2D eigenvalue weighted by Crippen LogP contribution is 2.35. The molecule has 0 unspecified atom stereocenters. The van der Waals surface area contributed by atoms with Crippen molar-refractivity contribution in [2.75, 3.05) is 7.11 Å². The fourth-order valence-corrected chi connectivity index (χ4v) is 3.14. The zero-order valence-corrected chi connectivity index (χ0v) is 12.8. The normalized spacial score (nSPS) is 16.1. The van der Waals surface area contributed by atoms with Crippen molar-refractivity contribution < 1.29 is 14.6 Å². The molecule has 0 aliphatic carbocycles. The summed E-state index contributed by atoms with van der Waals surface area (Å²) in [7, 11) is 1.36. The summed E-state index contributed by atoms with van der Waals surface area (Å²) >= 11 is 1.71. The minimum atomic E-state index is -0.869. The highest BCUT2D eigenvalue weighted by molar-refractivity contribution is 8.00. The van der Waals surface area contributed by atoms with Gasteiger partial charge in [-0.25, -0.2) is 0 Å². The third-order valence-electron chi connectivity index (χ3n) is 2.85. The van der Waals surface area contributed by atoms with Gasteiger partial charge in [-0.05, 0) is 25.0 Å². The molecule has 17 heavy (non-hydrogen) atoms. The van der Waals surface area contributed by atoms with E-state index in [1.165, 1.54) is 7.11 Å². The van der Waals surface area contributed by atoms with Crippen LogP contribution in [0.5, 0.6) is 0 Å². The van der Waals surface area contributed by atoms with Gasteiger partial charge in [0.2, 0.25) is 0 Å². The molecular weight excluding hydrogens is 236 g/mol.